The molecule has 0 aromatic heterocycles. The number of carbonyl (C=O) groups is 1. The Morgan fingerprint density at radius 3 is 2.59 bits per heavy atom. The average Bonchev–Trinajstić information content (AvgIpc) is 2.36. The molecule has 0 aliphatic heterocycles. The van der Waals surface area contributed by atoms with Crippen LogP contribution in [0, 0.1) is 0 Å². The van der Waals surface area contributed by atoms with Crippen molar-refractivity contribution in [2.24, 2.45) is 0 Å². The molecule has 0 saturated heterocycles. The van der Waals surface area contributed by atoms with Gasteiger partial charge in [0.1, 0.15) is 0 Å². The zero-order valence-corrected chi connectivity index (χ0v) is 11.1. The van der Waals surface area contributed by atoms with Crippen molar-refractivity contribution in [2.75, 3.05) is 7.11 Å². The van der Waals surface area contributed by atoms with Crippen LogP contribution in [0.4, 0.5) is 0 Å². The quantitative estimate of drug-likeness (QED) is 0.445. The summed E-state index contributed by atoms with van der Waals surface area (Å²) in [4.78, 5) is 10.7. The monoisotopic (exact) mass is 305 g/mol. The molecule has 1 unspecified atom stereocenters. The number of rotatable bonds is 5. The Bertz CT molecular complexity index is 449. The van der Waals surface area contributed by atoms with Gasteiger partial charge in [0, 0.05) is 0 Å². The number of hydrogen-bond acceptors (Lipinski definition) is 6. The van der Waals surface area contributed by atoms with Gasteiger partial charge in [-0.2, -0.15) is 0 Å². The van der Waals surface area contributed by atoms with Crippen molar-refractivity contribution in [1.82, 2.24) is 5.48 Å². The molecule has 1 aromatic carbocycles. The third kappa shape index (κ3) is 3.34. The van der Waals surface area contributed by atoms with Crippen LogP contribution < -0.4 is 14.6 Å². The number of nitrogens with one attached hydrogen (secondary N) is 1. The third-order valence-electron chi connectivity index (χ3n) is 1.80. The molecule has 94 valence electrons. The molecule has 1 amide bonds. The molecule has 0 heterocycles. The van der Waals surface area contributed by atoms with Gasteiger partial charge in [-0.05, 0) is 0 Å². The topological polar surface area (TPSA) is 94.1 Å². The van der Waals surface area contributed by atoms with Crippen molar-refractivity contribution < 1.29 is 26.2 Å². The molecular formula is C9H12AsNO6. The van der Waals surface area contributed by atoms with Crippen LogP contribution >= 0.6 is 0 Å². The van der Waals surface area contributed by atoms with E-state index in [0.29, 0.717) is 0 Å². The van der Waals surface area contributed by atoms with Gasteiger partial charge < -0.3 is 0 Å². The first-order valence-electron chi connectivity index (χ1n) is 4.55. The van der Waals surface area contributed by atoms with E-state index >= 15 is 0 Å². The fraction of sp³-hybridized carbons (Fsp3) is 0.222. The second-order valence-electron chi connectivity index (χ2n) is 3.00. The standard InChI is InChI=1S/C9H12AsNO6/c1-7(12)11-16-10(13,17-14)8-5-3-4-6-9(8)15-2/h3-6,14H,1-2H3,(H,11,12). The molecular weight excluding hydrogens is 293 g/mol. The maximum atomic E-state index is 12.1. The molecule has 0 saturated carbocycles. The van der Waals surface area contributed by atoms with E-state index in [1.807, 2.05) is 5.48 Å². The number of para-hydroxylation sites is 1. The van der Waals surface area contributed by atoms with Crippen LogP contribution in [-0.2, 0) is 16.2 Å². The first-order valence-corrected chi connectivity index (χ1v) is 7.79. The van der Waals surface area contributed by atoms with Crippen molar-refractivity contribution in [3.05, 3.63) is 24.3 Å². The molecule has 0 aliphatic carbocycles. The van der Waals surface area contributed by atoms with Crippen LogP contribution in [0.5, 0.6) is 5.75 Å². The summed E-state index contributed by atoms with van der Waals surface area (Å²) < 4.78 is 25.7. The van der Waals surface area contributed by atoms with Crippen LogP contribution in [0.3, 0.4) is 0 Å². The van der Waals surface area contributed by atoms with Crippen LogP contribution in [0.15, 0.2) is 24.3 Å². The molecule has 8 heteroatoms. The van der Waals surface area contributed by atoms with E-state index in [1.165, 1.54) is 26.2 Å². The average molecular weight is 305 g/mol. The number of amides is 1. The predicted octanol–water partition coefficient (Wildman–Crippen LogP) is -0.171. The minimum absolute atomic E-state index is 0.0596. The SMILES string of the molecule is COc1ccccc1[As](=O)(OO)ONC(C)=O. The summed E-state index contributed by atoms with van der Waals surface area (Å²) in [5, 5.41) is 8.70. The van der Waals surface area contributed by atoms with E-state index < -0.39 is 20.1 Å². The number of carbonyl (C=O) groups excluding carboxylic acids is 1. The normalized spacial score (nSPS) is 13.8. The molecule has 0 bridgehead atoms. The Balaban J connectivity index is 3.07. The third-order valence-corrected chi connectivity index (χ3v) is 4.96. The summed E-state index contributed by atoms with van der Waals surface area (Å²) in [6, 6.07) is 6.16. The number of methoxy groups -OCH3 is 1. The summed E-state index contributed by atoms with van der Waals surface area (Å²) in [5.41, 5.74) is 1.87. The van der Waals surface area contributed by atoms with E-state index in [4.69, 9.17) is 9.99 Å². The summed E-state index contributed by atoms with van der Waals surface area (Å²) in [7, 11) is 1.37. The van der Waals surface area contributed by atoms with E-state index in [-0.39, 0.29) is 10.1 Å². The van der Waals surface area contributed by atoms with Gasteiger partial charge in [0.25, 0.3) is 0 Å². The van der Waals surface area contributed by atoms with Gasteiger partial charge in [-0.3, -0.25) is 0 Å². The van der Waals surface area contributed by atoms with Gasteiger partial charge in [-0.1, -0.05) is 0 Å². The molecule has 0 spiro atoms. The zero-order valence-electron chi connectivity index (χ0n) is 9.25. The van der Waals surface area contributed by atoms with E-state index in [1.54, 1.807) is 12.1 Å². The molecule has 0 radical (unpaired) electrons. The first kappa shape index (κ1) is 13.8. The van der Waals surface area contributed by atoms with E-state index in [0.717, 1.165) is 0 Å². The first-order chi connectivity index (χ1) is 8.03. The van der Waals surface area contributed by atoms with Gasteiger partial charge >= 0.3 is 100 Å². The number of benzene rings is 1. The van der Waals surface area contributed by atoms with Crippen LogP contribution in [-0.4, -0.2) is 32.4 Å². The maximum absolute atomic E-state index is 12.1. The summed E-state index contributed by atoms with van der Waals surface area (Å²) in [6.45, 7) is 1.17. The molecule has 0 aliphatic rings. The van der Waals surface area contributed by atoms with Gasteiger partial charge in [0.15, 0.2) is 0 Å². The van der Waals surface area contributed by atoms with Crippen molar-refractivity contribution in [3.8, 4) is 5.75 Å². The van der Waals surface area contributed by atoms with Crippen LogP contribution in [0.1, 0.15) is 6.92 Å². The summed E-state index contributed by atoms with van der Waals surface area (Å²) >= 11 is -4.76. The Morgan fingerprint density at radius 2 is 2.06 bits per heavy atom. The summed E-state index contributed by atoms with van der Waals surface area (Å²) in [5.74, 6) is -0.340. The zero-order chi connectivity index (χ0) is 12.9. The Morgan fingerprint density at radius 1 is 1.41 bits per heavy atom. The molecule has 17 heavy (non-hydrogen) atoms. The molecule has 0 fully saturated rings. The minimum atomic E-state index is -4.76. The fourth-order valence-corrected chi connectivity index (χ4v) is 3.55. The van der Waals surface area contributed by atoms with E-state index in [9.17, 15) is 8.53 Å². The molecule has 1 aromatic rings. The second kappa shape index (κ2) is 5.88. The van der Waals surface area contributed by atoms with Crippen molar-refractivity contribution >= 4 is 24.4 Å². The van der Waals surface area contributed by atoms with Crippen molar-refractivity contribution in [3.63, 3.8) is 0 Å². The van der Waals surface area contributed by atoms with Crippen molar-refractivity contribution in [2.45, 2.75) is 6.92 Å². The van der Waals surface area contributed by atoms with Gasteiger partial charge in [-0.25, -0.2) is 0 Å². The summed E-state index contributed by atoms with van der Waals surface area (Å²) in [6.07, 6.45) is 0. The van der Waals surface area contributed by atoms with Crippen LogP contribution in [0.2, 0.25) is 0 Å². The second-order valence-corrected chi connectivity index (χ2v) is 6.82. The van der Waals surface area contributed by atoms with Gasteiger partial charge in [-0.15, -0.1) is 0 Å². The van der Waals surface area contributed by atoms with Gasteiger partial charge in [0.2, 0.25) is 0 Å². The van der Waals surface area contributed by atoms with Crippen molar-refractivity contribution in [1.29, 1.82) is 0 Å². The van der Waals surface area contributed by atoms with Crippen LogP contribution in [0.25, 0.3) is 0 Å². The molecule has 7 nitrogen and oxygen atoms in total. The fourth-order valence-electron chi connectivity index (χ4n) is 1.09. The molecule has 1 atom stereocenters. The Kier molecular flexibility index (Phi) is 4.77. The predicted molar refractivity (Wildman–Crippen MR) is 57.7 cm³/mol. The Labute approximate surface area is 101 Å². The molecule has 2 N–H and O–H groups in total. The number of hydrogen-bond donors (Lipinski definition) is 2. The van der Waals surface area contributed by atoms with Gasteiger partial charge in [0.05, 0.1) is 0 Å². The number of hydroxylamine groups is 1. The Hall–Kier alpha value is -1.27. The van der Waals surface area contributed by atoms with E-state index in [2.05, 4.69) is 7.70 Å². The number of ether oxygens (including phenoxy) is 1. The molecule has 1 rings (SSSR count).